The SMILES string of the molecule is Cc1nc(C2CCCC2)ncc1C(=O)O. The summed E-state index contributed by atoms with van der Waals surface area (Å²) >= 11 is 0. The molecule has 0 unspecified atom stereocenters. The first-order valence-electron chi connectivity index (χ1n) is 5.25. The molecule has 1 aliphatic rings. The van der Waals surface area contributed by atoms with Crippen LogP contribution in [-0.4, -0.2) is 21.0 Å². The molecule has 80 valence electrons. The molecule has 4 nitrogen and oxygen atoms in total. The van der Waals surface area contributed by atoms with Crippen LogP contribution in [0.3, 0.4) is 0 Å². The monoisotopic (exact) mass is 206 g/mol. The summed E-state index contributed by atoms with van der Waals surface area (Å²) in [5.41, 5.74) is 0.774. The standard InChI is InChI=1S/C11H14N2O2/c1-7-9(11(14)15)6-12-10(13-7)8-4-2-3-5-8/h6,8H,2-5H2,1H3,(H,14,15). The van der Waals surface area contributed by atoms with Gasteiger partial charge in [0.1, 0.15) is 5.82 Å². The van der Waals surface area contributed by atoms with E-state index in [4.69, 9.17) is 5.11 Å². The Bertz CT molecular complexity index is 384. The zero-order chi connectivity index (χ0) is 10.8. The van der Waals surface area contributed by atoms with Crippen LogP contribution < -0.4 is 0 Å². The van der Waals surface area contributed by atoms with Gasteiger partial charge in [0.25, 0.3) is 0 Å². The molecule has 1 aromatic heterocycles. The van der Waals surface area contributed by atoms with Gasteiger partial charge >= 0.3 is 5.97 Å². The number of aryl methyl sites for hydroxylation is 1. The van der Waals surface area contributed by atoms with E-state index in [1.54, 1.807) is 6.92 Å². The number of carbonyl (C=O) groups is 1. The highest BCUT2D eigenvalue weighted by molar-refractivity contribution is 5.88. The van der Waals surface area contributed by atoms with Crippen molar-refractivity contribution >= 4 is 5.97 Å². The van der Waals surface area contributed by atoms with Crippen molar-refractivity contribution in [2.24, 2.45) is 0 Å². The maximum Gasteiger partial charge on any atom is 0.339 e. The molecule has 1 N–H and O–H groups in total. The molecule has 1 aromatic rings. The first-order chi connectivity index (χ1) is 7.18. The lowest BCUT2D eigenvalue weighted by Crippen LogP contribution is -2.08. The Hall–Kier alpha value is -1.45. The van der Waals surface area contributed by atoms with Gasteiger partial charge < -0.3 is 5.11 Å². The maximum absolute atomic E-state index is 10.8. The third-order valence-corrected chi connectivity index (χ3v) is 2.95. The van der Waals surface area contributed by atoms with Crippen LogP contribution in [0.4, 0.5) is 0 Å². The quantitative estimate of drug-likeness (QED) is 0.805. The molecule has 0 bridgehead atoms. The Morgan fingerprint density at radius 1 is 1.47 bits per heavy atom. The molecule has 1 fully saturated rings. The van der Waals surface area contributed by atoms with Gasteiger partial charge in [-0.05, 0) is 19.8 Å². The average Bonchev–Trinajstić information content (AvgIpc) is 2.69. The van der Waals surface area contributed by atoms with Gasteiger partial charge in [0, 0.05) is 12.1 Å². The van der Waals surface area contributed by atoms with E-state index in [1.165, 1.54) is 19.0 Å². The van der Waals surface area contributed by atoms with Gasteiger partial charge in [-0.15, -0.1) is 0 Å². The topological polar surface area (TPSA) is 63.1 Å². The number of hydrogen-bond donors (Lipinski definition) is 1. The third kappa shape index (κ3) is 1.98. The summed E-state index contributed by atoms with van der Waals surface area (Å²) in [5.74, 6) is 0.298. The second-order valence-electron chi connectivity index (χ2n) is 4.01. The van der Waals surface area contributed by atoms with Crippen LogP contribution in [0.25, 0.3) is 0 Å². The predicted octanol–water partition coefficient (Wildman–Crippen LogP) is 2.14. The minimum Gasteiger partial charge on any atom is -0.478 e. The Labute approximate surface area is 88.4 Å². The van der Waals surface area contributed by atoms with E-state index in [1.807, 2.05) is 0 Å². The van der Waals surface area contributed by atoms with Crippen molar-refractivity contribution in [3.63, 3.8) is 0 Å². The average molecular weight is 206 g/mol. The highest BCUT2D eigenvalue weighted by Crippen LogP contribution is 2.32. The molecule has 0 saturated heterocycles. The lowest BCUT2D eigenvalue weighted by atomic mass is 10.1. The number of hydrogen-bond acceptors (Lipinski definition) is 3. The van der Waals surface area contributed by atoms with Crippen molar-refractivity contribution < 1.29 is 9.90 Å². The Morgan fingerprint density at radius 2 is 2.13 bits per heavy atom. The zero-order valence-electron chi connectivity index (χ0n) is 8.73. The summed E-state index contributed by atoms with van der Waals surface area (Å²) in [5, 5.41) is 8.84. The molecular formula is C11H14N2O2. The van der Waals surface area contributed by atoms with Crippen molar-refractivity contribution in [2.75, 3.05) is 0 Å². The summed E-state index contributed by atoms with van der Waals surface area (Å²) in [4.78, 5) is 19.2. The fourth-order valence-electron chi connectivity index (χ4n) is 2.08. The van der Waals surface area contributed by atoms with Crippen LogP contribution in [0.1, 0.15) is 53.5 Å². The molecule has 0 amide bonds. The third-order valence-electron chi connectivity index (χ3n) is 2.95. The van der Waals surface area contributed by atoms with Gasteiger partial charge in [-0.1, -0.05) is 12.8 Å². The van der Waals surface area contributed by atoms with Gasteiger partial charge in [-0.25, -0.2) is 14.8 Å². The molecule has 15 heavy (non-hydrogen) atoms. The fraction of sp³-hybridized carbons (Fsp3) is 0.545. The van der Waals surface area contributed by atoms with E-state index in [9.17, 15) is 4.79 Å². The van der Waals surface area contributed by atoms with Crippen molar-refractivity contribution in [3.05, 3.63) is 23.3 Å². The normalized spacial score (nSPS) is 16.9. The molecular weight excluding hydrogens is 192 g/mol. The Morgan fingerprint density at radius 3 is 2.67 bits per heavy atom. The highest BCUT2D eigenvalue weighted by Gasteiger charge is 2.21. The second kappa shape index (κ2) is 3.96. The van der Waals surface area contributed by atoms with Crippen molar-refractivity contribution in [2.45, 2.75) is 38.5 Å². The van der Waals surface area contributed by atoms with Gasteiger partial charge in [0.2, 0.25) is 0 Å². The summed E-state index contributed by atoms with van der Waals surface area (Å²) in [6.07, 6.45) is 6.15. The molecule has 0 aliphatic heterocycles. The molecule has 4 heteroatoms. The van der Waals surface area contributed by atoms with Crippen molar-refractivity contribution in [3.8, 4) is 0 Å². The van der Waals surface area contributed by atoms with Crippen LogP contribution in [0.15, 0.2) is 6.20 Å². The van der Waals surface area contributed by atoms with Crippen LogP contribution in [0.2, 0.25) is 0 Å². The van der Waals surface area contributed by atoms with E-state index in [0.717, 1.165) is 18.7 Å². The first-order valence-corrected chi connectivity index (χ1v) is 5.25. The molecule has 1 aliphatic carbocycles. The van der Waals surface area contributed by atoms with Crippen LogP contribution in [0.5, 0.6) is 0 Å². The molecule has 2 rings (SSSR count). The minimum atomic E-state index is -0.953. The summed E-state index contributed by atoms with van der Waals surface area (Å²) in [6.45, 7) is 1.73. The Kier molecular flexibility index (Phi) is 2.66. The van der Waals surface area contributed by atoms with Crippen molar-refractivity contribution in [1.29, 1.82) is 0 Å². The number of carboxylic acids is 1. The van der Waals surface area contributed by atoms with Gasteiger partial charge in [0.15, 0.2) is 0 Å². The largest absolute Gasteiger partial charge is 0.478 e. The number of aromatic nitrogens is 2. The second-order valence-corrected chi connectivity index (χ2v) is 4.01. The first kappa shape index (κ1) is 10.1. The fourth-order valence-corrected chi connectivity index (χ4v) is 2.08. The summed E-state index contributed by atoms with van der Waals surface area (Å²) in [6, 6.07) is 0. The minimum absolute atomic E-state index is 0.205. The molecule has 1 heterocycles. The predicted molar refractivity (Wildman–Crippen MR) is 54.9 cm³/mol. The van der Waals surface area contributed by atoms with E-state index >= 15 is 0 Å². The lowest BCUT2D eigenvalue weighted by Gasteiger charge is -2.08. The van der Waals surface area contributed by atoms with Gasteiger partial charge in [0.05, 0.1) is 11.3 Å². The summed E-state index contributed by atoms with van der Waals surface area (Å²) in [7, 11) is 0. The van der Waals surface area contributed by atoms with Gasteiger partial charge in [-0.2, -0.15) is 0 Å². The van der Waals surface area contributed by atoms with E-state index in [2.05, 4.69) is 9.97 Å². The van der Waals surface area contributed by atoms with E-state index in [-0.39, 0.29) is 5.56 Å². The molecule has 1 saturated carbocycles. The number of carboxylic acid groups (broad SMARTS) is 1. The van der Waals surface area contributed by atoms with Crippen molar-refractivity contribution in [1.82, 2.24) is 9.97 Å². The number of aromatic carboxylic acids is 1. The van der Waals surface area contributed by atoms with Crippen LogP contribution >= 0.6 is 0 Å². The molecule has 0 spiro atoms. The van der Waals surface area contributed by atoms with Crippen LogP contribution in [-0.2, 0) is 0 Å². The van der Waals surface area contributed by atoms with E-state index in [0.29, 0.717) is 11.6 Å². The number of nitrogens with zero attached hydrogens (tertiary/aromatic N) is 2. The maximum atomic E-state index is 10.8. The van der Waals surface area contributed by atoms with Gasteiger partial charge in [-0.3, -0.25) is 0 Å². The highest BCUT2D eigenvalue weighted by atomic mass is 16.4. The smallest absolute Gasteiger partial charge is 0.339 e. The molecule has 0 atom stereocenters. The zero-order valence-corrected chi connectivity index (χ0v) is 8.73. The Balaban J connectivity index is 2.28. The molecule has 0 radical (unpaired) electrons. The van der Waals surface area contributed by atoms with Crippen LogP contribution in [0, 0.1) is 6.92 Å². The summed E-state index contributed by atoms with van der Waals surface area (Å²) < 4.78 is 0. The number of rotatable bonds is 2. The van der Waals surface area contributed by atoms with E-state index < -0.39 is 5.97 Å². The lowest BCUT2D eigenvalue weighted by molar-refractivity contribution is 0.0695. The molecule has 0 aromatic carbocycles.